The summed E-state index contributed by atoms with van der Waals surface area (Å²) in [6.07, 6.45) is -3.12. The third-order valence-corrected chi connectivity index (χ3v) is 5.74. The molecule has 2 aromatic carbocycles. The van der Waals surface area contributed by atoms with Gasteiger partial charge in [0.1, 0.15) is 6.10 Å². The maximum Gasteiger partial charge on any atom is 0.331 e. The molecule has 0 aromatic heterocycles. The zero-order chi connectivity index (χ0) is 32.4. The minimum absolute atomic E-state index is 0.341. The van der Waals surface area contributed by atoms with Crippen LogP contribution < -0.4 is 21.3 Å². The topological polar surface area (TPSA) is 281 Å². The largest absolute Gasteiger partial charge is 0.504 e. The van der Waals surface area contributed by atoms with Gasteiger partial charge in [0.05, 0.1) is 30.3 Å². The summed E-state index contributed by atoms with van der Waals surface area (Å²) < 4.78 is 5.04. The number of esters is 1. The van der Waals surface area contributed by atoms with Gasteiger partial charge in [-0.1, -0.05) is 12.1 Å². The lowest BCUT2D eigenvalue weighted by molar-refractivity contribution is -0.160. The summed E-state index contributed by atoms with van der Waals surface area (Å²) in [6, 6.07) is 3.54. The van der Waals surface area contributed by atoms with E-state index in [9.17, 15) is 59.4 Å². The van der Waals surface area contributed by atoms with E-state index in [4.69, 9.17) is 4.74 Å². The van der Waals surface area contributed by atoms with Gasteiger partial charge in [0.2, 0.25) is 11.8 Å². The molecule has 0 radical (unpaired) electrons. The van der Waals surface area contributed by atoms with Crippen LogP contribution in [0, 0.1) is 0 Å². The molecule has 0 heterocycles. The Bertz CT molecular complexity index is 1400. The molecule has 0 aliphatic rings. The molecule has 2 aromatic rings. The monoisotopic (exact) mass is 606 g/mol. The number of carbonyl (C=O) groups excluding carboxylic acids is 5. The molecule has 0 unspecified atom stereocenters. The predicted molar refractivity (Wildman–Crippen MR) is 143 cm³/mol. The van der Waals surface area contributed by atoms with Crippen LogP contribution in [0.2, 0.25) is 0 Å². The Balaban J connectivity index is 1.95. The fraction of sp³-hybridized carbons (Fsp3) is 0.308. The number of hydrogen-bond acceptors (Lipinski definition) is 12. The summed E-state index contributed by atoms with van der Waals surface area (Å²) in [6.45, 7) is 0.712. The Kier molecular flexibility index (Phi) is 11.6. The molecule has 43 heavy (non-hydrogen) atoms. The second kappa shape index (κ2) is 14.9. The van der Waals surface area contributed by atoms with E-state index in [0.717, 1.165) is 32.0 Å². The van der Waals surface area contributed by atoms with Crippen LogP contribution in [-0.2, 0) is 23.9 Å². The first-order valence-corrected chi connectivity index (χ1v) is 12.4. The molecule has 4 atom stereocenters. The van der Waals surface area contributed by atoms with Gasteiger partial charge in [-0.05, 0) is 38.1 Å². The van der Waals surface area contributed by atoms with E-state index in [1.807, 2.05) is 5.32 Å². The average Bonchev–Trinajstić information content (AvgIpc) is 2.94. The number of rotatable bonds is 13. The van der Waals surface area contributed by atoms with Crippen molar-refractivity contribution in [3.8, 4) is 23.0 Å². The zero-order valence-electron chi connectivity index (χ0n) is 22.7. The smallest absolute Gasteiger partial charge is 0.331 e. The van der Waals surface area contributed by atoms with Gasteiger partial charge in [0.25, 0.3) is 11.8 Å². The Morgan fingerprint density at radius 2 is 1.14 bits per heavy atom. The number of amides is 4. The van der Waals surface area contributed by atoms with Crippen LogP contribution in [0.3, 0.4) is 0 Å². The van der Waals surface area contributed by atoms with Crippen molar-refractivity contribution >= 4 is 35.6 Å². The molecule has 17 heteroatoms. The van der Waals surface area contributed by atoms with Crippen molar-refractivity contribution in [3.63, 3.8) is 0 Å². The van der Waals surface area contributed by atoms with Crippen molar-refractivity contribution in [2.24, 2.45) is 0 Å². The normalized spacial score (nSPS) is 13.4. The average molecular weight is 607 g/mol. The van der Waals surface area contributed by atoms with Crippen LogP contribution in [0.25, 0.3) is 0 Å². The molecule has 0 fully saturated rings. The Hall–Kier alpha value is -5.58. The number of benzene rings is 2. The van der Waals surface area contributed by atoms with Crippen LogP contribution in [0.5, 0.6) is 23.0 Å². The highest BCUT2D eigenvalue weighted by Crippen LogP contribution is 2.28. The lowest BCUT2D eigenvalue weighted by atomic mass is 10.1. The number of aromatic hydroxyl groups is 4. The number of carbonyl (C=O) groups is 6. The summed E-state index contributed by atoms with van der Waals surface area (Å²) in [7, 11) is 0. The lowest BCUT2D eigenvalue weighted by Crippen LogP contribution is -2.55. The van der Waals surface area contributed by atoms with Gasteiger partial charge in [-0.25, -0.2) is 9.59 Å². The second-order valence-corrected chi connectivity index (χ2v) is 9.02. The molecule has 4 amide bonds. The van der Waals surface area contributed by atoms with Crippen LogP contribution in [0.1, 0.15) is 34.6 Å². The van der Waals surface area contributed by atoms with Crippen LogP contribution in [0.4, 0.5) is 0 Å². The van der Waals surface area contributed by atoms with Crippen molar-refractivity contribution in [2.75, 3.05) is 13.1 Å². The number of nitrogens with one attached hydrogen (secondary N) is 4. The second-order valence-electron chi connectivity index (χ2n) is 9.02. The Morgan fingerprint density at radius 1 is 0.721 bits per heavy atom. The first-order valence-electron chi connectivity index (χ1n) is 12.4. The number of para-hydroxylation sites is 2. The molecule has 0 saturated heterocycles. The number of aliphatic hydroxyl groups is 1. The van der Waals surface area contributed by atoms with Crippen molar-refractivity contribution in [1.82, 2.24) is 21.3 Å². The summed E-state index contributed by atoms with van der Waals surface area (Å²) in [5, 5.41) is 66.4. The molecule has 10 N–H and O–H groups in total. The van der Waals surface area contributed by atoms with Crippen LogP contribution >= 0.6 is 0 Å². The quantitative estimate of drug-likeness (QED) is 0.0876. The summed E-state index contributed by atoms with van der Waals surface area (Å²) >= 11 is 0. The van der Waals surface area contributed by atoms with E-state index in [1.54, 1.807) is 0 Å². The van der Waals surface area contributed by atoms with E-state index in [-0.39, 0.29) is 11.1 Å². The molecular weight excluding hydrogens is 576 g/mol. The molecule has 17 nitrogen and oxygen atoms in total. The number of carboxylic acids is 1. The van der Waals surface area contributed by atoms with Crippen molar-refractivity contribution in [1.29, 1.82) is 0 Å². The maximum absolute atomic E-state index is 12.7. The van der Waals surface area contributed by atoms with Crippen LogP contribution in [-0.4, -0.2) is 104 Å². The van der Waals surface area contributed by atoms with E-state index >= 15 is 0 Å². The lowest BCUT2D eigenvalue weighted by Gasteiger charge is -2.26. The molecule has 0 aliphatic heterocycles. The zero-order valence-corrected chi connectivity index (χ0v) is 22.7. The van der Waals surface area contributed by atoms with E-state index < -0.39 is 95.9 Å². The van der Waals surface area contributed by atoms with Gasteiger partial charge in [0, 0.05) is 0 Å². The number of ether oxygens (including phenoxy) is 1. The van der Waals surface area contributed by atoms with Crippen molar-refractivity contribution < 1.29 is 64.1 Å². The number of phenolic OH excluding ortho intramolecular Hbond substituents is 4. The minimum Gasteiger partial charge on any atom is -0.504 e. The molecule has 0 spiro atoms. The highest BCUT2D eigenvalue weighted by Gasteiger charge is 2.34. The fourth-order valence-corrected chi connectivity index (χ4v) is 3.47. The number of aliphatic carboxylic acids is 1. The summed E-state index contributed by atoms with van der Waals surface area (Å²) in [4.78, 5) is 73.4. The van der Waals surface area contributed by atoms with Gasteiger partial charge >= 0.3 is 11.9 Å². The molecule has 0 bridgehead atoms. The molecule has 0 saturated carbocycles. The molecular formula is C26H30N4O13. The van der Waals surface area contributed by atoms with Gasteiger partial charge < -0.3 is 56.6 Å². The molecule has 232 valence electrons. The Morgan fingerprint density at radius 3 is 1.53 bits per heavy atom. The van der Waals surface area contributed by atoms with E-state index in [2.05, 4.69) is 16.0 Å². The van der Waals surface area contributed by atoms with E-state index in [1.165, 1.54) is 18.2 Å². The first-order chi connectivity index (χ1) is 20.1. The molecule has 0 aliphatic carbocycles. The van der Waals surface area contributed by atoms with Crippen LogP contribution in [0.15, 0.2) is 36.4 Å². The SMILES string of the molecule is C[C@@H](O)[C@H](NC(=O)CNC(=O)c1cccc(O)c1O)C(=O)O[C@H](C)[C@H](NC(=O)CNC(=O)c1cccc(O)c1O)C(=O)O. The summed E-state index contributed by atoms with van der Waals surface area (Å²) in [5.41, 5.74) is -0.694. The number of hydrogen-bond donors (Lipinski definition) is 10. The third kappa shape index (κ3) is 9.22. The summed E-state index contributed by atoms with van der Waals surface area (Å²) in [5.74, 6) is -9.45. The van der Waals surface area contributed by atoms with Gasteiger partial charge in [-0.3, -0.25) is 19.2 Å². The number of phenols is 4. The maximum atomic E-state index is 12.7. The van der Waals surface area contributed by atoms with Crippen molar-refractivity contribution in [2.45, 2.75) is 38.1 Å². The number of carboxylic acid groups (broad SMARTS) is 1. The molecule has 2 rings (SSSR count). The highest BCUT2D eigenvalue weighted by atomic mass is 16.5. The number of aliphatic hydroxyl groups excluding tert-OH is 1. The Labute approximate surface area is 243 Å². The van der Waals surface area contributed by atoms with Crippen molar-refractivity contribution in [3.05, 3.63) is 47.5 Å². The highest BCUT2D eigenvalue weighted by molar-refractivity contribution is 6.00. The van der Waals surface area contributed by atoms with E-state index in [0.29, 0.717) is 0 Å². The third-order valence-electron chi connectivity index (χ3n) is 5.74. The standard InChI is InChI=1S/C26H30N4O13/c1-11(31)19(29-17(34)9-27-23(38)13-5-3-7-15(32)21(13)36)26(42)43-12(2)20(25(40)41)30-18(35)10-28-24(39)14-6-4-8-16(33)22(14)37/h3-8,11-12,19-20,31-33,36-37H,9-10H2,1-2H3,(H,27,38)(H,28,39)(H,29,34)(H,30,35)(H,40,41)/t11-,12-,19+,20+/m1/s1. The van der Waals surface area contributed by atoms with Gasteiger partial charge in [-0.2, -0.15) is 0 Å². The predicted octanol–water partition coefficient (Wildman–Crippen LogP) is -1.96. The van der Waals surface area contributed by atoms with Gasteiger partial charge in [-0.15, -0.1) is 0 Å². The first kappa shape index (κ1) is 33.6. The van der Waals surface area contributed by atoms with Gasteiger partial charge in [0.15, 0.2) is 35.1 Å². The fourth-order valence-electron chi connectivity index (χ4n) is 3.47. The minimum atomic E-state index is -1.85.